The molecule has 0 radical (unpaired) electrons. The molecule has 0 fully saturated rings. The van der Waals surface area contributed by atoms with E-state index >= 15 is 0 Å². The van der Waals surface area contributed by atoms with E-state index in [0.29, 0.717) is 16.9 Å². The highest BCUT2D eigenvalue weighted by Crippen LogP contribution is 2.10. The second kappa shape index (κ2) is 7.97. The lowest BCUT2D eigenvalue weighted by Gasteiger charge is -2.14. The molecule has 3 aromatic heterocycles. The molecule has 0 atom stereocenters. The maximum Gasteiger partial charge on any atom is 0.318 e. The standard InChI is InChI=1S/C21H18N4O4/c26-18(23-12-16-8-5-11-29-16)14-24-17-9-4-10-22-19(17)25(21(28)20(24)27)13-15-6-2-1-3-7-15/h1-11H,12-14H2,(H,23,26). The fraction of sp³-hybridized carbons (Fsp3) is 0.143. The first kappa shape index (κ1) is 18.4. The Morgan fingerprint density at radius 2 is 1.76 bits per heavy atom. The van der Waals surface area contributed by atoms with Crippen LogP contribution >= 0.6 is 0 Å². The van der Waals surface area contributed by atoms with Gasteiger partial charge in [-0.2, -0.15) is 0 Å². The first-order chi connectivity index (χ1) is 14.1. The van der Waals surface area contributed by atoms with Crippen molar-refractivity contribution in [2.24, 2.45) is 0 Å². The highest BCUT2D eigenvalue weighted by Gasteiger charge is 2.16. The van der Waals surface area contributed by atoms with Gasteiger partial charge in [0.05, 0.1) is 24.9 Å². The second-order valence-electron chi connectivity index (χ2n) is 6.47. The summed E-state index contributed by atoms with van der Waals surface area (Å²) < 4.78 is 7.67. The van der Waals surface area contributed by atoms with E-state index in [0.717, 1.165) is 10.1 Å². The summed E-state index contributed by atoms with van der Waals surface area (Å²) in [4.78, 5) is 42.2. The number of nitrogens with zero attached hydrogens (tertiary/aromatic N) is 3. The van der Waals surface area contributed by atoms with Gasteiger partial charge in [-0.05, 0) is 29.8 Å². The number of amides is 1. The third-order valence-corrected chi connectivity index (χ3v) is 4.51. The van der Waals surface area contributed by atoms with Crippen LogP contribution in [0.2, 0.25) is 0 Å². The number of hydrogen-bond acceptors (Lipinski definition) is 5. The van der Waals surface area contributed by atoms with Crippen LogP contribution in [0.3, 0.4) is 0 Å². The summed E-state index contributed by atoms with van der Waals surface area (Å²) in [5, 5.41) is 2.68. The molecule has 0 aliphatic heterocycles. The van der Waals surface area contributed by atoms with Gasteiger partial charge >= 0.3 is 11.1 Å². The molecule has 0 spiro atoms. The zero-order valence-corrected chi connectivity index (χ0v) is 15.4. The number of carbonyl (C=O) groups excluding carboxylic acids is 1. The molecule has 0 unspecified atom stereocenters. The van der Waals surface area contributed by atoms with Gasteiger partial charge in [-0.1, -0.05) is 30.3 Å². The van der Waals surface area contributed by atoms with E-state index in [-0.39, 0.29) is 19.6 Å². The van der Waals surface area contributed by atoms with Gasteiger partial charge in [0.25, 0.3) is 0 Å². The van der Waals surface area contributed by atoms with E-state index < -0.39 is 17.0 Å². The Bertz CT molecular complexity index is 1260. The maximum absolute atomic E-state index is 12.8. The molecule has 4 rings (SSSR count). The molecule has 0 aliphatic carbocycles. The van der Waals surface area contributed by atoms with Gasteiger partial charge in [0.1, 0.15) is 12.3 Å². The zero-order chi connectivity index (χ0) is 20.2. The molecule has 3 heterocycles. The predicted molar refractivity (Wildman–Crippen MR) is 106 cm³/mol. The number of aromatic nitrogens is 3. The molecule has 4 aromatic rings. The highest BCUT2D eigenvalue weighted by molar-refractivity contribution is 5.78. The highest BCUT2D eigenvalue weighted by atomic mass is 16.3. The molecule has 0 bridgehead atoms. The molecule has 0 saturated heterocycles. The Labute approximate surface area is 165 Å². The minimum atomic E-state index is -0.769. The fourth-order valence-corrected chi connectivity index (χ4v) is 3.11. The maximum atomic E-state index is 12.8. The Morgan fingerprint density at radius 3 is 2.52 bits per heavy atom. The molecular weight excluding hydrogens is 372 g/mol. The molecule has 0 aliphatic rings. The van der Waals surface area contributed by atoms with Crippen molar-refractivity contribution in [2.45, 2.75) is 19.6 Å². The van der Waals surface area contributed by atoms with E-state index in [1.807, 2.05) is 30.3 Å². The number of carbonyl (C=O) groups is 1. The van der Waals surface area contributed by atoms with Gasteiger partial charge in [0.15, 0.2) is 5.65 Å². The van der Waals surface area contributed by atoms with Gasteiger partial charge in [-0.15, -0.1) is 0 Å². The Morgan fingerprint density at radius 1 is 0.966 bits per heavy atom. The van der Waals surface area contributed by atoms with Crippen molar-refractivity contribution in [3.8, 4) is 0 Å². The van der Waals surface area contributed by atoms with Gasteiger partial charge < -0.3 is 9.73 Å². The van der Waals surface area contributed by atoms with Crippen molar-refractivity contribution in [1.82, 2.24) is 19.4 Å². The third kappa shape index (κ3) is 3.86. The van der Waals surface area contributed by atoms with Crippen molar-refractivity contribution in [3.63, 3.8) is 0 Å². The second-order valence-corrected chi connectivity index (χ2v) is 6.47. The number of nitrogens with one attached hydrogen (secondary N) is 1. The molecule has 29 heavy (non-hydrogen) atoms. The normalized spacial score (nSPS) is 10.9. The van der Waals surface area contributed by atoms with Gasteiger partial charge in [-0.25, -0.2) is 4.98 Å². The van der Waals surface area contributed by atoms with Crippen LogP contribution in [0.4, 0.5) is 0 Å². The Balaban J connectivity index is 1.69. The molecular formula is C21H18N4O4. The summed E-state index contributed by atoms with van der Waals surface area (Å²) in [6.07, 6.45) is 3.06. The van der Waals surface area contributed by atoms with Crippen molar-refractivity contribution < 1.29 is 9.21 Å². The molecule has 8 heteroatoms. The van der Waals surface area contributed by atoms with Crippen LogP contribution in [-0.2, 0) is 24.4 Å². The van der Waals surface area contributed by atoms with E-state index in [4.69, 9.17) is 4.42 Å². The molecule has 146 valence electrons. The van der Waals surface area contributed by atoms with Crippen LogP contribution in [0.1, 0.15) is 11.3 Å². The summed E-state index contributed by atoms with van der Waals surface area (Å²) in [6.45, 7) is 0.124. The van der Waals surface area contributed by atoms with Crippen LogP contribution in [0, 0.1) is 0 Å². The summed E-state index contributed by atoms with van der Waals surface area (Å²) in [6, 6.07) is 16.1. The smallest absolute Gasteiger partial charge is 0.318 e. The van der Waals surface area contributed by atoms with Gasteiger partial charge in [0.2, 0.25) is 5.91 Å². The number of benzene rings is 1. The Hall–Kier alpha value is -3.94. The van der Waals surface area contributed by atoms with Crippen LogP contribution < -0.4 is 16.4 Å². The predicted octanol–water partition coefficient (Wildman–Crippen LogP) is 1.52. The molecule has 1 aromatic carbocycles. The van der Waals surface area contributed by atoms with Crippen LogP contribution in [0.25, 0.3) is 11.2 Å². The van der Waals surface area contributed by atoms with Gasteiger partial charge in [-0.3, -0.25) is 23.5 Å². The number of rotatable bonds is 6. The first-order valence-electron chi connectivity index (χ1n) is 9.05. The lowest BCUT2D eigenvalue weighted by atomic mass is 10.2. The SMILES string of the molecule is O=C(Cn1c(=O)c(=O)n(Cc2ccccc2)c2ncccc21)NCc1ccco1. The van der Waals surface area contributed by atoms with Crippen LogP contribution in [0.5, 0.6) is 0 Å². The van der Waals surface area contributed by atoms with E-state index in [9.17, 15) is 14.4 Å². The molecule has 1 amide bonds. The zero-order valence-electron chi connectivity index (χ0n) is 15.4. The number of pyridine rings is 1. The summed E-state index contributed by atoms with van der Waals surface area (Å²) in [5.41, 5.74) is 0.143. The number of hydrogen-bond donors (Lipinski definition) is 1. The molecule has 0 saturated carbocycles. The van der Waals surface area contributed by atoms with E-state index in [1.54, 1.807) is 30.5 Å². The van der Waals surface area contributed by atoms with Crippen LogP contribution in [-0.4, -0.2) is 20.0 Å². The average Bonchev–Trinajstić information content (AvgIpc) is 3.27. The van der Waals surface area contributed by atoms with Crippen molar-refractivity contribution in [2.75, 3.05) is 0 Å². The largest absolute Gasteiger partial charge is 0.467 e. The minimum Gasteiger partial charge on any atom is -0.467 e. The average molecular weight is 390 g/mol. The topological polar surface area (TPSA) is 99.1 Å². The van der Waals surface area contributed by atoms with Crippen molar-refractivity contribution >= 4 is 17.1 Å². The first-order valence-corrected chi connectivity index (χ1v) is 9.05. The lowest BCUT2D eigenvalue weighted by molar-refractivity contribution is -0.121. The lowest BCUT2D eigenvalue weighted by Crippen LogP contribution is -2.44. The van der Waals surface area contributed by atoms with Crippen molar-refractivity contribution in [1.29, 1.82) is 0 Å². The molecule has 8 nitrogen and oxygen atoms in total. The van der Waals surface area contributed by atoms with Crippen LogP contribution in [0.15, 0.2) is 81.1 Å². The van der Waals surface area contributed by atoms with E-state index in [2.05, 4.69) is 10.3 Å². The summed E-state index contributed by atoms with van der Waals surface area (Å²) in [7, 11) is 0. The number of furan rings is 1. The monoisotopic (exact) mass is 390 g/mol. The third-order valence-electron chi connectivity index (χ3n) is 4.51. The Kier molecular flexibility index (Phi) is 5.07. The minimum absolute atomic E-state index is 0.196. The summed E-state index contributed by atoms with van der Waals surface area (Å²) >= 11 is 0. The molecule has 1 N–H and O–H groups in total. The van der Waals surface area contributed by atoms with E-state index in [1.165, 1.54) is 10.8 Å². The fourth-order valence-electron chi connectivity index (χ4n) is 3.11. The number of fused-ring (bicyclic) bond motifs is 1. The van der Waals surface area contributed by atoms with Gasteiger partial charge in [0, 0.05) is 6.20 Å². The summed E-state index contributed by atoms with van der Waals surface area (Å²) in [5.74, 6) is 0.185. The van der Waals surface area contributed by atoms with Crippen molar-refractivity contribution in [3.05, 3.63) is 99.1 Å². The quantitative estimate of drug-likeness (QED) is 0.503.